The second-order valence-electron chi connectivity index (χ2n) is 7.47. The van der Waals surface area contributed by atoms with Gasteiger partial charge < -0.3 is 5.11 Å². The van der Waals surface area contributed by atoms with Crippen molar-refractivity contribution in [2.75, 3.05) is 6.67 Å². The predicted octanol–water partition coefficient (Wildman–Crippen LogP) is 6.86. The highest BCUT2D eigenvalue weighted by atomic mass is 19.1. The first-order valence-electron chi connectivity index (χ1n) is 10.3. The molecular weight excluding hydrogens is 315 g/mol. The largest absolute Gasteiger partial charge is 0.481 e. The maximum atomic E-state index is 13.2. The first-order valence-corrected chi connectivity index (χ1v) is 10.3. The average molecular weight is 353 g/mol. The highest BCUT2D eigenvalue weighted by Crippen LogP contribution is 2.37. The lowest BCUT2D eigenvalue weighted by Crippen LogP contribution is -2.07. The van der Waals surface area contributed by atoms with Crippen LogP contribution in [-0.4, -0.2) is 17.8 Å². The molecule has 0 aliphatic heterocycles. The minimum atomic E-state index is -0.814. The third kappa shape index (κ3) is 10.5. The molecule has 3 heteroatoms. The summed E-state index contributed by atoms with van der Waals surface area (Å²) in [6.45, 7) is 1.81. The van der Waals surface area contributed by atoms with E-state index < -0.39 is 12.6 Å². The van der Waals surface area contributed by atoms with Gasteiger partial charge in [-0.3, -0.25) is 4.79 Å². The lowest BCUT2D eigenvalue weighted by molar-refractivity contribution is -0.136. The predicted molar refractivity (Wildman–Crippen MR) is 104 cm³/mol. The van der Waals surface area contributed by atoms with Gasteiger partial charge in [-0.2, -0.15) is 0 Å². The summed E-state index contributed by atoms with van der Waals surface area (Å²) in [4.78, 5) is 10.6. The second kappa shape index (κ2) is 14.1. The molecule has 1 aliphatic rings. The molecule has 0 aromatic rings. The third-order valence-corrected chi connectivity index (χ3v) is 5.31. The van der Waals surface area contributed by atoms with Crippen molar-refractivity contribution in [1.82, 2.24) is 0 Å². The van der Waals surface area contributed by atoms with Crippen LogP contribution in [0.3, 0.4) is 0 Å². The smallest absolute Gasteiger partial charge is 0.303 e. The molecule has 1 saturated carbocycles. The van der Waals surface area contributed by atoms with Gasteiger partial charge in [0, 0.05) is 6.42 Å². The van der Waals surface area contributed by atoms with E-state index in [4.69, 9.17) is 5.11 Å². The number of carboxylic acids is 1. The first-order chi connectivity index (χ1) is 12.2. The maximum Gasteiger partial charge on any atom is 0.303 e. The highest BCUT2D eigenvalue weighted by Gasteiger charge is 2.25. The normalized spacial score (nSPS) is 21.3. The summed E-state index contributed by atoms with van der Waals surface area (Å²) in [5.41, 5.74) is 0.794. The number of hydrogen-bond donors (Lipinski definition) is 1. The lowest BCUT2D eigenvalue weighted by atomic mass is 9.89. The molecule has 1 N–H and O–H groups in total. The molecule has 25 heavy (non-hydrogen) atoms. The lowest BCUT2D eigenvalue weighted by Gasteiger charge is -2.17. The van der Waals surface area contributed by atoms with Crippen LogP contribution in [0.5, 0.6) is 0 Å². The Kier molecular flexibility index (Phi) is 12.4. The van der Waals surface area contributed by atoms with Crippen LogP contribution in [0.15, 0.2) is 23.8 Å². The van der Waals surface area contributed by atoms with Crippen LogP contribution < -0.4 is 0 Å². The topological polar surface area (TPSA) is 37.3 Å². The Morgan fingerprint density at radius 1 is 1.12 bits per heavy atom. The van der Waals surface area contributed by atoms with Crippen LogP contribution in [0.1, 0.15) is 90.4 Å². The SMILES string of the molecule is CCCCCCCCC=C[C@H]1CCC[C@@H]1CC(=CCCC(=O)O)CF. The van der Waals surface area contributed by atoms with Gasteiger partial charge in [-0.1, -0.05) is 63.7 Å². The Hall–Kier alpha value is -1.12. The molecular formula is C22H37FO2. The van der Waals surface area contributed by atoms with E-state index in [0.717, 1.165) is 12.0 Å². The summed E-state index contributed by atoms with van der Waals surface area (Å²) < 4.78 is 13.2. The number of allylic oxidation sites excluding steroid dienone is 4. The number of carboxylic acid groups (broad SMARTS) is 1. The fourth-order valence-corrected chi connectivity index (χ4v) is 3.81. The molecule has 0 aromatic heterocycles. The van der Waals surface area contributed by atoms with Crippen molar-refractivity contribution in [2.45, 2.75) is 90.4 Å². The van der Waals surface area contributed by atoms with E-state index in [2.05, 4.69) is 19.1 Å². The van der Waals surface area contributed by atoms with Gasteiger partial charge in [-0.25, -0.2) is 4.39 Å². The Morgan fingerprint density at radius 2 is 1.88 bits per heavy atom. The van der Waals surface area contributed by atoms with Crippen molar-refractivity contribution in [3.8, 4) is 0 Å². The van der Waals surface area contributed by atoms with Gasteiger partial charge in [0.1, 0.15) is 6.67 Å². The average Bonchev–Trinajstić information content (AvgIpc) is 3.03. The van der Waals surface area contributed by atoms with Gasteiger partial charge in [0.2, 0.25) is 0 Å². The maximum absolute atomic E-state index is 13.2. The van der Waals surface area contributed by atoms with E-state index in [0.29, 0.717) is 18.3 Å². The first kappa shape index (κ1) is 21.9. The summed E-state index contributed by atoms with van der Waals surface area (Å²) in [6.07, 6.45) is 20.6. The molecule has 2 atom stereocenters. The number of halogens is 1. The quantitative estimate of drug-likeness (QED) is 0.274. The molecule has 0 radical (unpaired) electrons. The second-order valence-corrected chi connectivity index (χ2v) is 7.47. The molecule has 0 saturated heterocycles. The zero-order chi connectivity index (χ0) is 18.3. The molecule has 0 spiro atoms. The number of rotatable bonds is 14. The van der Waals surface area contributed by atoms with E-state index in [1.807, 2.05) is 6.08 Å². The number of unbranched alkanes of at least 4 members (excludes halogenated alkanes) is 6. The van der Waals surface area contributed by atoms with Crippen molar-refractivity contribution in [3.63, 3.8) is 0 Å². The number of aliphatic carboxylic acids is 1. The van der Waals surface area contributed by atoms with Gasteiger partial charge >= 0.3 is 5.97 Å². The Balaban J connectivity index is 2.29. The van der Waals surface area contributed by atoms with Crippen LogP contribution in [0.2, 0.25) is 0 Å². The van der Waals surface area contributed by atoms with E-state index in [1.54, 1.807) is 0 Å². The molecule has 0 heterocycles. The molecule has 144 valence electrons. The van der Waals surface area contributed by atoms with Crippen molar-refractivity contribution in [3.05, 3.63) is 23.8 Å². The molecule has 0 bridgehead atoms. The van der Waals surface area contributed by atoms with Crippen LogP contribution >= 0.6 is 0 Å². The molecule has 0 unspecified atom stereocenters. The summed E-state index contributed by atoms with van der Waals surface area (Å²) in [6, 6.07) is 0. The fraction of sp³-hybridized carbons (Fsp3) is 0.773. The molecule has 2 nitrogen and oxygen atoms in total. The minimum Gasteiger partial charge on any atom is -0.481 e. The van der Waals surface area contributed by atoms with Gasteiger partial charge in [0.05, 0.1) is 0 Å². The Bertz CT molecular complexity index is 414. The number of hydrogen-bond acceptors (Lipinski definition) is 1. The fourth-order valence-electron chi connectivity index (χ4n) is 3.81. The zero-order valence-corrected chi connectivity index (χ0v) is 16.0. The molecule has 0 amide bonds. The van der Waals surface area contributed by atoms with Crippen molar-refractivity contribution < 1.29 is 14.3 Å². The minimum absolute atomic E-state index is 0.0930. The standard InChI is InChI=1S/C22H37FO2/c1-2-3-4-5-6-7-8-9-13-20-14-11-15-21(20)17-19(18-23)12-10-16-22(24)25/h9,12-13,20-21H,2-8,10-11,14-18H2,1H3,(H,24,25)/t20-,21+/m0/s1. The summed E-state index contributed by atoms with van der Waals surface area (Å²) in [7, 11) is 0. The summed E-state index contributed by atoms with van der Waals surface area (Å²) in [5.74, 6) is 0.299. The summed E-state index contributed by atoms with van der Waals surface area (Å²) in [5, 5.41) is 8.69. The van der Waals surface area contributed by atoms with E-state index in [1.165, 1.54) is 64.2 Å². The third-order valence-electron chi connectivity index (χ3n) is 5.31. The monoisotopic (exact) mass is 352 g/mol. The van der Waals surface area contributed by atoms with Crippen LogP contribution in [0, 0.1) is 11.8 Å². The van der Waals surface area contributed by atoms with E-state index in [9.17, 15) is 9.18 Å². The van der Waals surface area contributed by atoms with E-state index >= 15 is 0 Å². The van der Waals surface area contributed by atoms with Crippen molar-refractivity contribution in [1.29, 1.82) is 0 Å². The Labute approximate surface area is 153 Å². The summed E-state index contributed by atoms with van der Waals surface area (Å²) >= 11 is 0. The van der Waals surface area contributed by atoms with Gasteiger partial charge in [0.25, 0.3) is 0 Å². The molecule has 1 rings (SSSR count). The highest BCUT2D eigenvalue weighted by molar-refractivity contribution is 5.66. The number of alkyl halides is 1. The van der Waals surface area contributed by atoms with E-state index in [-0.39, 0.29) is 6.42 Å². The zero-order valence-electron chi connectivity index (χ0n) is 16.0. The van der Waals surface area contributed by atoms with Gasteiger partial charge in [-0.05, 0) is 55.9 Å². The molecule has 1 aliphatic carbocycles. The van der Waals surface area contributed by atoms with Crippen LogP contribution in [-0.2, 0) is 4.79 Å². The molecule has 0 aromatic carbocycles. The van der Waals surface area contributed by atoms with Gasteiger partial charge in [-0.15, -0.1) is 0 Å². The van der Waals surface area contributed by atoms with Crippen molar-refractivity contribution in [2.24, 2.45) is 11.8 Å². The number of carbonyl (C=O) groups is 1. The molecule has 1 fully saturated rings. The van der Waals surface area contributed by atoms with Crippen molar-refractivity contribution >= 4 is 5.97 Å². The Morgan fingerprint density at radius 3 is 2.60 bits per heavy atom. The van der Waals surface area contributed by atoms with Gasteiger partial charge in [0.15, 0.2) is 0 Å². The van der Waals surface area contributed by atoms with Crippen LogP contribution in [0.4, 0.5) is 4.39 Å². The van der Waals surface area contributed by atoms with Crippen LogP contribution in [0.25, 0.3) is 0 Å².